The van der Waals surface area contributed by atoms with Crippen molar-refractivity contribution in [3.05, 3.63) is 47.2 Å². The normalized spacial score (nSPS) is 17.0. The van der Waals surface area contributed by atoms with Gasteiger partial charge < -0.3 is 24.8 Å². The molecule has 0 radical (unpaired) electrons. The van der Waals surface area contributed by atoms with Gasteiger partial charge in [-0.15, -0.1) is 0 Å². The Morgan fingerprint density at radius 3 is 2.88 bits per heavy atom. The van der Waals surface area contributed by atoms with Gasteiger partial charge in [0.2, 0.25) is 11.8 Å². The number of benzene rings is 1. The fourth-order valence-corrected chi connectivity index (χ4v) is 4.63. The fraction of sp³-hybridized carbons (Fsp3) is 0.375. The van der Waals surface area contributed by atoms with Crippen molar-refractivity contribution in [3.63, 3.8) is 0 Å². The van der Waals surface area contributed by atoms with E-state index in [1.165, 1.54) is 0 Å². The highest BCUT2D eigenvalue weighted by atomic mass is 35.5. The molecule has 1 aromatic carbocycles. The fourth-order valence-electron chi connectivity index (χ4n) is 4.26. The van der Waals surface area contributed by atoms with Crippen LogP contribution in [0.15, 0.2) is 36.7 Å². The lowest BCUT2D eigenvalue weighted by atomic mass is 10.0. The summed E-state index contributed by atoms with van der Waals surface area (Å²) in [5, 5.41) is 4.69. The lowest BCUT2D eigenvalue weighted by Gasteiger charge is -2.35. The first-order valence-corrected chi connectivity index (χ1v) is 11.6. The number of nitrogens with one attached hydrogen (secondary N) is 2. The summed E-state index contributed by atoms with van der Waals surface area (Å²) in [5.74, 6) is -0.260. The topological polar surface area (TPSA) is 90.6 Å². The van der Waals surface area contributed by atoms with Crippen LogP contribution in [0.1, 0.15) is 12.5 Å². The number of fused-ring (bicyclic) bond motifs is 1. The standard InChI is InChI=1S/C24H26ClN5O3/c1-2-15-9-27-24-22(15)23(25)19(12-28-24)16-4-3-5-17(8-16)30-7-6-29(13-20(30)31)21(32)14-33-18-10-26-11-18/h3-5,8-9,12,18,26H,2,6-7,10-11,13-14H2,1H3,(H,27,28). The minimum absolute atomic E-state index is 0.0159. The number of aromatic amines is 1. The molecule has 8 nitrogen and oxygen atoms in total. The molecule has 3 aromatic rings. The molecule has 0 spiro atoms. The molecule has 0 atom stereocenters. The summed E-state index contributed by atoms with van der Waals surface area (Å²) in [4.78, 5) is 36.3. The Bertz CT molecular complexity index is 1210. The molecule has 172 valence electrons. The average molecular weight is 468 g/mol. The van der Waals surface area contributed by atoms with Gasteiger partial charge in [0.15, 0.2) is 0 Å². The molecule has 0 saturated carbocycles. The number of H-pyrrole nitrogens is 1. The second-order valence-corrected chi connectivity index (χ2v) is 8.76. The van der Waals surface area contributed by atoms with E-state index < -0.39 is 0 Å². The number of hydrogen-bond donors (Lipinski definition) is 2. The van der Waals surface area contributed by atoms with Gasteiger partial charge >= 0.3 is 0 Å². The van der Waals surface area contributed by atoms with Crippen molar-refractivity contribution >= 4 is 40.1 Å². The molecular weight excluding hydrogens is 442 g/mol. The zero-order chi connectivity index (χ0) is 22.9. The van der Waals surface area contributed by atoms with E-state index in [1.807, 2.05) is 30.5 Å². The lowest BCUT2D eigenvalue weighted by Crippen LogP contribution is -2.54. The van der Waals surface area contributed by atoms with Crippen LogP contribution in [0.4, 0.5) is 5.69 Å². The van der Waals surface area contributed by atoms with Gasteiger partial charge in [-0.05, 0) is 29.7 Å². The van der Waals surface area contributed by atoms with E-state index in [2.05, 4.69) is 22.2 Å². The summed E-state index contributed by atoms with van der Waals surface area (Å²) in [6.07, 6.45) is 4.65. The van der Waals surface area contributed by atoms with E-state index in [1.54, 1.807) is 16.0 Å². The summed E-state index contributed by atoms with van der Waals surface area (Å²) in [6, 6.07) is 7.73. The Labute approximate surface area is 196 Å². The maximum atomic E-state index is 12.9. The number of ether oxygens (including phenoxy) is 1. The second kappa shape index (κ2) is 9.13. The summed E-state index contributed by atoms with van der Waals surface area (Å²) < 4.78 is 5.56. The Hall–Kier alpha value is -2.94. The van der Waals surface area contributed by atoms with Gasteiger partial charge in [-0.25, -0.2) is 4.98 Å². The van der Waals surface area contributed by atoms with E-state index in [0.29, 0.717) is 18.1 Å². The van der Waals surface area contributed by atoms with Gasteiger partial charge in [-0.3, -0.25) is 9.59 Å². The van der Waals surface area contributed by atoms with Crippen LogP contribution in [0.3, 0.4) is 0 Å². The van der Waals surface area contributed by atoms with E-state index >= 15 is 0 Å². The summed E-state index contributed by atoms with van der Waals surface area (Å²) in [5.41, 5.74) is 4.38. The quantitative estimate of drug-likeness (QED) is 0.581. The number of hydrogen-bond acceptors (Lipinski definition) is 5. The number of aryl methyl sites for hydroxylation is 1. The van der Waals surface area contributed by atoms with Crippen molar-refractivity contribution in [1.29, 1.82) is 0 Å². The highest BCUT2D eigenvalue weighted by molar-refractivity contribution is 6.38. The molecule has 9 heteroatoms. The molecule has 2 aromatic heterocycles. The zero-order valence-electron chi connectivity index (χ0n) is 18.4. The number of anilines is 1. The molecule has 0 aliphatic carbocycles. The maximum Gasteiger partial charge on any atom is 0.249 e. The lowest BCUT2D eigenvalue weighted by molar-refractivity contribution is -0.143. The van der Waals surface area contributed by atoms with Crippen LogP contribution < -0.4 is 10.2 Å². The molecule has 2 aliphatic rings. The zero-order valence-corrected chi connectivity index (χ0v) is 19.2. The third-order valence-electron chi connectivity index (χ3n) is 6.33. The van der Waals surface area contributed by atoms with E-state index in [9.17, 15) is 9.59 Å². The Kier molecular flexibility index (Phi) is 6.05. The monoisotopic (exact) mass is 467 g/mol. The Balaban J connectivity index is 1.32. The highest BCUT2D eigenvalue weighted by Crippen LogP contribution is 2.36. The van der Waals surface area contributed by atoms with Crippen molar-refractivity contribution < 1.29 is 14.3 Å². The predicted octanol–water partition coefficient (Wildman–Crippen LogP) is 2.61. The molecular formula is C24H26ClN5O3. The number of piperazine rings is 1. The second-order valence-electron chi connectivity index (χ2n) is 8.38. The van der Waals surface area contributed by atoms with Gasteiger partial charge in [0, 0.05) is 55.2 Å². The maximum absolute atomic E-state index is 12.9. The molecule has 0 unspecified atom stereocenters. The SMILES string of the molecule is CCc1c[nH]c2ncc(-c3cccc(N4CCN(C(=O)COC5CNC5)CC4=O)c3)c(Cl)c12. The molecule has 0 bridgehead atoms. The molecule has 2 saturated heterocycles. The summed E-state index contributed by atoms with van der Waals surface area (Å²) in [6.45, 7) is 4.59. The van der Waals surface area contributed by atoms with Crippen LogP contribution in [0.5, 0.6) is 0 Å². The molecule has 5 rings (SSSR count). The first-order valence-electron chi connectivity index (χ1n) is 11.2. The average Bonchev–Trinajstić information content (AvgIpc) is 3.22. The smallest absolute Gasteiger partial charge is 0.249 e. The minimum Gasteiger partial charge on any atom is -0.366 e. The van der Waals surface area contributed by atoms with Crippen LogP contribution in [-0.2, 0) is 20.7 Å². The number of carbonyl (C=O) groups is 2. The third-order valence-corrected chi connectivity index (χ3v) is 6.72. The number of halogens is 1. The minimum atomic E-state index is -0.145. The van der Waals surface area contributed by atoms with Gasteiger partial charge in [0.05, 0.1) is 11.1 Å². The van der Waals surface area contributed by atoms with Crippen molar-refractivity contribution in [2.75, 3.05) is 44.2 Å². The van der Waals surface area contributed by atoms with E-state index in [-0.39, 0.29) is 31.1 Å². The summed E-state index contributed by atoms with van der Waals surface area (Å²) in [7, 11) is 0. The number of nitrogens with zero attached hydrogens (tertiary/aromatic N) is 3. The largest absolute Gasteiger partial charge is 0.366 e. The van der Waals surface area contributed by atoms with Crippen molar-refractivity contribution in [3.8, 4) is 11.1 Å². The molecule has 2 fully saturated rings. The molecule has 2 N–H and O–H groups in total. The van der Waals surface area contributed by atoms with Crippen LogP contribution in [0.25, 0.3) is 22.2 Å². The highest BCUT2D eigenvalue weighted by Gasteiger charge is 2.29. The molecule has 33 heavy (non-hydrogen) atoms. The van der Waals surface area contributed by atoms with Gasteiger partial charge in [0.25, 0.3) is 0 Å². The number of pyridine rings is 1. The van der Waals surface area contributed by atoms with Crippen LogP contribution in [0, 0.1) is 0 Å². The van der Waals surface area contributed by atoms with Crippen molar-refractivity contribution in [1.82, 2.24) is 20.2 Å². The van der Waals surface area contributed by atoms with Crippen LogP contribution in [0.2, 0.25) is 5.02 Å². The van der Waals surface area contributed by atoms with Crippen molar-refractivity contribution in [2.45, 2.75) is 19.4 Å². The van der Waals surface area contributed by atoms with Crippen LogP contribution >= 0.6 is 11.6 Å². The number of carbonyl (C=O) groups excluding carboxylic acids is 2. The number of amides is 2. The predicted molar refractivity (Wildman–Crippen MR) is 127 cm³/mol. The van der Waals surface area contributed by atoms with Crippen molar-refractivity contribution in [2.24, 2.45) is 0 Å². The molecule has 2 amide bonds. The van der Waals surface area contributed by atoms with Gasteiger partial charge in [-0.2, -0.15) is 0 Å². The van der Waals surface area contributed by atoms with Gasteiger partial charge in [-0.1, -0.05) is 30.7 Å². The molecule has 4 heterocycles. The van der Waals surface area contributed by atoms with Crippen LogP contribution in [-0.4, -0.2) is 72.1 Å². The first-order chi connectivity index (χ1) is 16.0. The number of rotatable bonds is 6. The Morgan fingerprint density at radius 2 is 2.15 bits per heavy atom. The van der Waals surface area contributed by atoms with Gasteiger partial charge in [0.1, 0.15) is 18.8 Å². The van der Waals surface area contributed by atoms with E-state index in [0.717, 1.165) is 52.9 Å². The number of aromatic nitrogens is 2. The Morgan fingerprint density at radius 1 is 1.30 bits per heavy atom. The van der Waals surface area contributed by atoms with E-state index in [4.69, 9.17) is 16.3 Å². The first kappa shape index (κ1) is 21.9. The molecule has 2 aliphatic heterocycles. The summed E-state index contributed by atoms with van der Waals surface area (Å²) >= 11 is 6.79. The third kappa shape index (κ3) is 4.21.